The van der Waals surface area contributed by atoms with Gasteiger partial charge < -0.3 is 4.74 Å². The maximum atomic E-state index is 12.9. The Labute approximate surface area is 124 Å². The molecule has 0 bridgehead atoms. The van der Waals surface area contributed by atoms with Gasteiger partial charge in [0.1, 0.15) is 12.4 Å². The Kier molecular flexibility index (Phi) is 5.50. The van der Waals surface area contributed by atoms with Crippen LogP contribution >= 0.6 is 0 Å². The lowest BCUT2D eigenvalue weighted by atomic mass is 9.97. The number of halogens is 1. The summed E-state index contributed by atoms with van der Waals surface area (Å²) in [6, 6.07) is 15.9. The summed E-state index contributed by atoms with van der Waals surface area (Å²) in [5.41, 5.74) is 1.92. The van der Waals surface area contributed by atoms with Crippen LogP contribution in [-0.2, 0) is 22.6 Å². The Hall–Kier alpha value is -2.16. The third-order valence-electron chi connectivity index (χ3n) is 3.45. The van der Waals surface area contributed by atoms with Crippen molar-refractivity contribution in [3.05, 3.63) is 71.5 Å². The molecule has 0 aromatic heterocycles. The Morgan fingerprint density at radius 2 is 1.71 bits per heavy atom. The first kappa shape index (κ1) is 15.2. The van der Waals surface area contributed by atoms with Gasteiger partial charge in [-0.2, -0.15) is 0 Å². The van der Waals surface area contributed by atoms with Crippen molar-refractivity contribution < 1.29 is 13.9 Å². The number of rotatable bonds is 6. The lowest BCUT2D eigenvalue weighted by Crippen LogP contribution is -2.19. The second-order valence-corrected chi connectivity index (χ2v) is 5.03. The normalized spacial score (nSPS) is 11.9. The zero-order chi connectivity index (χ0) is 15.1. The maximum Gasteiger partial charge on any atom is 0.309 e. The largest absolute Gasteiger partial charge is 0.461 e. The van der Waals surface area contributed by atoms with Crippen LogP contribution < -0.4 is 0 Å². The fourth-order valence-corrected chi connectivity index (χ4v) is 2.15. The Bertz CT molecular complexity index is 564. The number of hydrogen-bond donors (Lipinski definition) is 0. The highest BCUT2D eigenvalue weighted by Gasteiger charge is 2.18. The van der Waals surface area contributed by atoms with Gasteiger partial charge in [0.15, 0.2) is 0 Å². The van der Waals surface area contributed by atoms with Gasteiger partial charge in [0, 0.05) is 0 Å². The van der Waals surface area contributed by atoms with E-state index in [0.29, 0.717) is 19.4 Å². The molecule has 0 aliphatic carbocycles. The van der Waals surface area contributed by atoms with Crippen molar-refractivity contribution in [2.45, 2.75) is 26.4 Å². The van der Waals surface area contributed by atoms with E-state index in [-0.39, 0.29) is 17.7 Å². The molecule has 2 aromatic rings. The molecule has 2 nitrogen and oxygen atoms in total. The zero-order valence-electron chi connectivity index (χ0n) is 12.1. The van der Waals surface area contributed by atoms with E-state index in [1.165, 1.54) is 12.1 Å². The second-order valence-electron chi connectivity index (χ2n) is 5.03. The SMILES string of the molecule is CCC(Cc1ccc(F)cc1)C(=O)OCc1ccccc1. The number of hydrogen-bond acceptors (Lipinski definition) is 2. The number of carbonyl (C=O) groups is 1. The summed E-state index contributed by atoms with van der Waals surface area (Å²) in [6.45, 7) is 2.25. The molecule has 0 fully saturated rings. The van der Waals surface area contributed by atoms with Crippen LogP contribution in [0.2, 0.25) is 0 Å². The molecule has 0 heterocycles. The first-order chi connectivity index (χ1) is 10.2. The molecule has 3 heteroatoms. The summed E-state index contributed by atoms with van der Waals surface area (Å²) < 4.78 is 18.2. The molecular formula is C18H19FO2. The van der Waals surface area contributed by atoms with E-state index in [1.807, 2.05) is 37.3 Å². The van der Waals surface area contributed by atoms with Gasteiger partial charge in [-0.15, -0.1) is 0 Å². The topological polar surface area (TPSA) is 26.3 Å². The van der Waals surface area contributed by atoms with E-state index < -0.39 is 0 Å². The minimum absolute atomic E-state index is 0.195. The van der Waals surface area contributed by atoms with Crippen molar-refractivity contribution in [2.24, 2.45) is 5.92 Å². The zero-order valence-corrected chi connectivity index (χ0v) is 12.1. The fourth-order valence-electron chi connectivity index (χ4n) is 2.15. The van der Waals surface area contributed by atoms with E-state index >= 15 is 0 Å². The van der Waals surface area contributed by atoms with Gasteiger partial charge >= 0.3 is 5.97 Å². The van der Waals surface area contributed by atoms with E-state index in [0.717, 1.165) is 11.1 Å². The van der Waals surface area contributed by atoms with Gasteiger partial charge in [0.2, 0.25) is 0 Å². The predicted octanol–water partition coefficient (Wildman–Crippen LogP) is 4.14. The second kappa shape index (κ2) is 7.58. The van der Waals surface area contributed by atoms with Crippen LogP contribution in [0.3, 0.4) is 0 Å². The Morgan fingerprint density at radius 1 is 1.05 bits per heavy atom. The first-order valence-electron chi connectivity index (χ1n) is 7.14. The smallest absolute Gasteiger partial charge is 0.309 e. The van der Waals surface area contributed by atoms with Gasteiger partial charge in [-0.05, 0) is 36.1 Å². The minimum Gasteiger partial charge on any atom is -0.461 e. The number of benzene rings is 2. The van der Waals surface area contributed by atoms with Gasteiger partial charge in [-0.3, -0.25) is 4.79 Å². The number of ether oxygens (including phenoxy) is 1. The molecule has 0 saturated heterocycles. The molecular weight excluding hydrogens is 267 g/mol. The molecule has 1 unspecified atom stereocenters. The summed E-state index contributed by atoms with van der Waals surface area (Å²) >= 11 is 0. The van der Waals surface area contributed by atoms with Gasteiger partial charge in [-0.1, -0.05) is 49.4 Å². The van der Waals surface area contributed by atoms with E-state index in [9.17, 15) is 9.18 Å². The highest BCUT2D eigenvalue weighted by Crippen LogP contribution is 2.15. The minimum atomic E-state index is -0.265. The van der Waals surface area contributed by atoms with Crippen LogP contribution in [0.5, 0.6) is 0 Å². The molecule has 0 aliphatic rings. The summed E-state index contributed by atoms with van der Waals surface area (Å²) in [4.78, 5) is 12.1. The van der Waals surface area contributed by atoms with E-state index in [2.05, 4.69) is 0 Å². The van der Waals surface area contributed by atoms with Crippen molar-refractivity contribution in [3.8, 4) is 0 Å². The predicted molar refractivity (Wildman–Crippen MR) is 80.1 cm³/mol. The monoisotopic (exact) mass is 286 g/mol. The quantitative estimate of drug-likeness (QED) is 0.746. The molecule has 0 saturated carbocycles. The lowest BCUT2D eigenvalue weighted by Gasteiger charge is -2.14. The van der Waals surface area contributed by atoms with Gasteiger partial charge in [0.05, 0.1) is 5.92 Å². The molecule has 2 aromatic carbocycles. The highest BCUT2D eigenvalue weighted by molar-refractivity contribution is 5.72. The summed E-state index contributed by atoms with van der Waals surface area (Å²) in [5.74, 6) is -0.664. The van der Waals surface area contributed by atoms with Crippen LogP contribution in [0.25, 0.3) is 0 Å². The molecule has 0 aliphatic heterocycles. The lowest BCUT2D eigenvalue weighted by molar-refractivity contribution is -0.150. The third kappa shape index (κ3) is 4.71. The molecule has 0 spiro atoms. The molecule has 21 heavy (non-hydrogen) atoms. The third-order valence-corrected chi connectivity index (χ3v) is 3.45. The molecule has 2 rings (SSSR count). The number of esters is 1. The van der Waals surface area contributed by atoms with E-state index in [1.54, 1.807) is 12.1 Å². The summed E-state index contributed by atoms with van der Waals surface area (Å²) in [7, 11) is 0. The van der Waals surface area contributed by atoms with E-state index in [4.69, 9.17) is 4.74 Å². The summed E-state index contributed by atoms with van der Waals surface area (Å²) in [5, 5.41) is 0. The Balaban J connectivity index is 1.90. The molecule has 0 radical (unpaired) electrons. The maximum absolute atomic E-state index is 12.9. The standard InChI is InChI=1S/C18H19FO2/c1-2-16(12-14-8-10-17(19)11-9-14)18(20)21-13-15-6-4-3-5-7-15/h3-11,16H,2,12-13H2,1H3. The molecule has 0 N–H and O–H groups in total. The highest BCUT2D eigenvalue weighted by atomic mass is 19.1. The number of carbonyl (C=O) groups excluding carboxylic acids is 1. The van der Waals surface area contributed by atoms with Crippen LogP contribution in [0, 0.1) is 11.7 Å². The average molecular weight is 286 g/mol. The first-order valence-corrected chi connectivity index (χ1v) is 7.14. The van der Waals surface area contributed by atoms with Gasteiger partial charge in [-0.25, -0.2) is 4.39 Å². The van der Waals surface area contributed by atoms with Crippen LogP contribution in [0.1, 0.15) is 24.5 Å². The van der Waals surface area contributed by atoms with Crippen molar-refractivity contribution in [2.75, 3.05) is 0 Å². The van der Waals surface area contributed by atoms with Crippen LogP contribution in [0.15, 0.2) is 54.6 Å². The van der Waals surface area contributed by atoms with Crippen LogP contribution in [-0.4, -0.2) is 5.97 Å². The molecule has 110 valence electrons. The molecule has 0 amide bonds. The van der Waals surface area contributed by atoms with Crippen molar-refractivity contribution in [1.29, 1.82) is 0 Å². The van der Waals surface area contributed by atoms with Crippen LogP contribution in [0.4, 0.5) is 4.39 Å². The molecule has 1 atom stereocenters. The average Bonchev–Trinajstić information content (AvgIpc) is 2.53. The fraction of sp³-hybridized carbons (Fsp3) is 0.278. The van der Waals surface area contributed by atoms with Crippen molar-refractivity contribution in [3.63, 3.8) is 0 Å². The summed E-state index contributed by atoms with van der Waals surface area (Å²) in [6.07, 6.45) is 1.27. The van der Waals surface area contributed by atoms with Crippen molar-refractivity contribution >= 4 is 5.97 Å². The van der Waals surface area contributed by atoms with Crippen molar-refractivity contribution in [1.82, 2.24) is 0 Å². The van der Waals surface area contributed by atoms with Gasteiger partial charge in [0.25, 0.3) is 0 Å². The Morgan fingerprint density at radius 3 is 2.33 bits per heavy atom.